The fourth-order valence-corrected chi connectivity index (χ4v) is 2.25. The maximum Gasteiger partial charge on any atom is 0.331 e. The Labute approximate surface area is 94.2 Å². The zero-order valence-electron chi connectivity index (χ0n) is 9.58. The van der Waals surface area contributed by atoms with E-state index in [0.29, 0.717) is 19.3 Å². The topological polar surface area (TPSA) is 66.5 Å². The number of barbiturate groups is 1. The van der Waals surface area contributed by atoms with Crippen molar-refractivity contribution in [2.75, 3.05) is 0 Å². The van der Waals surface area contributed by atoms with Crippen molar-refractivity contribution in [2.45, 2.75) is 45.6 Å². The molecule has 88 valence electrons. The predicted molar refractivity (Wildman–Crippen MR) is 56.4 cm³/mol. The quantitative estimate of drug-likeness (QED) is 0.712. The van der Waals surface area contributed by atoms with Crippen LogP contribution in [0.2, 0.25) is 0 Å². The number of carbonyl (C=O) groups excluding carboxylic acids is 3. The highest BCUT2D eigenvalue weighted by atomic mass is 16.2. The summed E-state index contributed by atoms with van der Waals surface area (Å²) in [6.45, 7) is 3.73. The average molecular weight is 224 g/mol. The van der Waals surface area contributed by atoms with E-state index in [-0.39, 0.29) is 11.9 Å². The van der Waals surface area contributed by atoms with Gasteiger partial charge in [-0.05, 0) is 26.2 Å². The van der Waals surface area contributed by atoms with E-state index in [2.05, 4.69) is 5.32 Å². The van der Waals surface area contributed by atoms with E-state index >= 15 is 0 Å². The molecule has 1 unspecified atom stereocenters. The molecule has 0 radical (unpaired) electrons. The number of rotatable bonds is 2. The molecule has 1 heterocycles. The van der Waals surface area contributed by atoms with Crippen molar-refractivity contribution in [2.24, 2.45) is 5.41 Å². The van der Waals surface area contributed by atoms with Gasteiger partial charge in [-0.3, -0.25) is 19.8 Å². The third-order valence-electron chi connectivity index (χ3n) is 3.74. The molecule has 1 aliphatic heterocycles. The summed E-state index contributed by atoms with van der Waals surface area (Å²) in [5.74, 6) is -0.713. The lowest BCUT2D eigenvalue weighted by molar-refractivity contribution is -0.159. The molecule has 1 spiro atoms. The first kappa shape index (κ1) is 11.1. The normalized spacial score (nSPS) is 25.4. The molecule has 2 fully saturated rings. The van der Waals surface area contributed by atoms with Gasteiger partial charge in [0.2, 0.25) is 11.8 Å². The Morgan fingerprint density at radius 3 is 2.44 bits per heavy atom. The zero-order chi connectivity index (χ0) is 11.9. The van der Waals surface area contributed by atoms with Crippen molar-refractivity contribution in [1.82, 2.24) is 10.2 Å². The van der Waals surface area contributed by atoms with Crippen LogP contribution < -0.4 is 5.32 Å². The smallest absolute Gasteiger partial charge is 0.277 e. The van der Waals surface area contributed by atoms with Crippen LogP contribution in [0.15, 0.2) is 0 Å². The van der Waals surface area contributed by atoms with Crippen LogP contribution in [0.3, 0.4) is 0 Å². The minimum absolute atomic E-state index is 0.155. The second-order valence-electron chi connectivity index (χ2n) is 4.63. The molecule has 0 aromatic carbocycles. The number of imide groups is 2. The third-order valence-corrected chi connectivity index (χ3v) is 3.74. The van der Waals surface area contributed by atoms with E-state index < -0.39 is 17.4 Å². The largest absolute Gasteiger partial charge is 0.331 e. The van der Waals surface area contributed by atoms with Crippen molar-refractivity contribution in [3.05, 3.63) is 0 Å². The maximum absolute atomic E-state index is 12.2. The molecule has 0 aromatic rings. The fraction of sp³-hybridized carbons (Fsp3) is 0.727. The van der Waals surface area contributed by atoms with Crippen LogP contribution in [0.1, 0.15) is 39.5 Å². The van der Waals surface area contributed by atoms with E-state index in [4.69, 9.17) is 0 Å². The van der Waals surface area contributed by atoms with Crippen molar-refractivity contribution in [3.8, 4) is 0 Å². The highest BCUT2D eigenvalue weighted by Gasteiger charge is 2.57. The molecule has 1 atom stereocenters. The van der Waals surface area contributed by atoms with Gasteiger partial charge < -0.3 is 0 Å². The molecule has 4 amide bonds. The first-order chi connectivity index (χ1) is 7.53. The molecule has 1 saturated carbocycles. The standard InChI is InChI=1S/C11H16N2O3/c1-3-7(2)13-9(15)11(5-4-6-11)8(14)12-10(13)16/h7H,3-6H2,1-2H3,(H,12,14,16). The van der Waals surface area contributed by atoms with Gasteiger partial charge in [-0.25, -0.2) is 4.79 Å². The molecule has 2 aliphatic rings. The monoisotopic (exact) mass is 224 g/mol. The van der Waals surface area contributed by atoms with Gasteiger partial charge in [0.25, 0.3) is 0 Å². The molecule has 1 saturated heterocycles. The lowest BCUT2D eigenvalue weighted by atomic mass is 9.66. The highest BCUT2D eigenvalue weighted by molar-refractivity contribution is 6.19. The van der Waals surface area contributed by atoms with Crippen LogP contribution in [-0.2, 0) is 9.59 Å². The first-order valence-electron chi connectivity index (χ1n) is 5.72. The summed E-state index contributed by atoms with van der Waals surface area (Å²) in [6, 6.07) is -0.722. The van der Waals surface area contributed by atoms with Crippen molar-refractivity contribution in [3.63, 3.8) is 0 Å². The lowest BCUT2D eigenvalue weighted by Crippen LogP contribution is -2.67. The Kier molecular flexibility index (Phi) is 2.48. The summed E-state index contributed by atoms with van der Waals surface area (Å²) >= 11 is 0. The second kappa shape index (κ2) is 3.57. The second-order valence-corrected chi connectivity index (χ2v) is 4.63. The van der Waals surface area contributed by atoms with Gasteiger partial charge in [0.1, 0.15) is 5.41 Å². The van der Waals surface area contributed by atoms with Gasteiger partial charge in [0.15, 0.2) is 0 Å². The minimum atomic E-state index is -0.933. The van der Waals surface area contributed by atoms with Crippen LogP contribution in [0.5, 0.6) is 0 Å². The van der Waals surface area contributed by atoms with Gasteiger partial charge in [-0.1, -0.05) is 13.3 Å². The molecular formula is C11H16N2O3. The summed E-state index contributed by atoms with van der Waals surface area (Å²) in [5, 5.41) is 2.30. The number of nitrogens with zero attached hydrogens (tertiary/aromatic N) is 1. The van der Waals surface area contributed by atoms with Gasteiger partial charge in [-0.2, -0.15) is 0 Å². The van der Waals surface area contributed by atoms with E-state index in [0.717, 1.165) is 6.42 Å². The molecule has 0 bridgehead atoms. The lowest BCUT2D eigenvalue weighted by Gasteiger charge is -2.46. The first-order valence-corrected chi connectivity index (χ1v) is 5.72. The third kappa shape index (κ3) is 1.27. The average Bonchev–Trinajstić information content (AvgIpc) is 2.14. The summed E-state index contributed by atoms with van der Waals surface area (Å²) in [7, 11) is 0. The molecule has 5 nitrogen and oxygen atoms in total. The van der Waals surface area contributed by atoms with Gasteiger partial charge in [0, 0.05) is 6.04 Å². The highest BCUT2D eigenvalue weighted by Crippen LogP contribution is 2.44. The van der Waals surface area contributed by atoms with Crippen molar-refractivity contribution >= 4 is 17.8 Å². The van der Waals surface area contributed by atoms with Crippen molar-refractivity contribution in [1.29, 1.82) is 0 Å². The minimum Gasteiger partial charge on any atom is -0.277 e. The Morgan fingerprint density at radius 1 is 1.38 bits per heavy atom. The Hall–Kier alpha value is -1.39. The van der Waals surface area contributed by atoms with Crippen molar-refractivity contribution < 1.29 is 14.4 Å². The molecular weight excluding hydrogens is 208 g/mol. The van der Waals surface area contributed by atoms with Crippen LogP contribution in [0.4, 0.5) is 4.79 Å². The number of hydrogen-bond acceptors (Lipinski definition) is 3. The van der Waals surface area contributed by atoms with Crippen LogP contribution in [-0.4, -0.2) is 28.8 Å². The van der Waals surface area contributed by atoms with Gasteiger partial charge in [-0.15, -0.1) is 0 Å². The van der Waals surface area contributed by atoms with Crippen LogP contribution in [0.25, 0.3) is 0 Å². The Balaban J connectivity index is 2.30. The van der Waals surface area contributed by atoms with Gasteiger partial charge in [0.05, 0.1) is 0 Å². The Morgan fingerprint density at radius 2 is 2.00 bits per heavy atom. The number of nitrogens with one attached hydrogen (secondary N) is 1. The van der Waals surface area contributed by atoms with Crippen LogP contribution >= 0.6 is 0 Å². The molecule has 16 heavy (non-hydrogen) atoms. The summed E-state index contributed by atoms with van der Waals surface area (Å²) in [5.41, 5.74) is -0.933. The SMILES string of the molecule is CCC(C)N1C(=O)NC(=O)C2(CCC2)C1=O. The maximum atomic E-state index is 12.2. The number of amides is 4. The van der Waals surface area contributed by atoms with E-state index in [9.17, 15) is 14.4 Å². The number of carbonyl (C=O) groups is 3. The number of hydrogen-bond donors (Lipinski definition) is 1. The summed E-state index contributed by atoms with van der Waals surface area (Å²) < 4.78 is 0. The molecule has 0 aromatic heterocycles. The molecule has 1 N–H and O–H groups in total. The van der Waals surface area contributed by atoms with E-state index in [1.54, 1.807) is 0 Å². The van der Waals surface area contributed by atoms with E-state index in [1.165, 1.54) is 4.90 Å². The fourth-order valence-electron chi connectivity index (χ4n) is 2.25. The predicted octanol–water partition coefficient (Wildman–Crippen LogP) is 1.03. The molecule has 5 heteroatoms. The van der Waals surface area contributed by atoms with Crippen LogP contribution in [0, 0.1) is 5.41 Å². The summed E-state index contributed by atoms with van der Waals surface area (Å²) in [4.78, 5) is 36.7. The molecule has 2 rings (SSSR count). The molecule has 1 aliphatic carbocycles. The summed E-state index contributed by atoms with van der Waals surface area (Å²) in [6.07, 6.45) is 2.71. The van der Waals surface area contributed by atoms with Gasteiger partial charge >= 0.3 is 6.03 Å². The Bertz CT molecular complexity index is 360. The zero-order valence-corrected chi connectivity index (χ0v) is 9.58. The van der Waals surface area contributed by atoms with E-state index in [1.807, 2.05) is 13.8 Å². The number of urea groups is 1.